The highest BCUT2D eigenvalue weighted by Crippen LogP contribution is 2.50. The van der Waals surface area contributed by atoms with Crippen molar-refractivity contribution in [1.29, 1.82) is 0 Å². The molecule has 1 fully saturated rings. The van der Waals surface area contributed by atoms with Crippen molar-refractivity contribution in [2.24, 2.45) is 10.8 Å². The number of carboxylic acid groups (broad SMARTS) is 1. The van der Waals surface area contributed by atoms with E-state index in [4.69, 9.17) is 5.11 Å². The van der Waals surface area contributed by atoms with Gasteiger partial charge < -0.3 is 9.84 Å². The van der Waals surface area contributed by atoms with Crippen molar-refractivity contribution >= 4 is 21.8 Å². The summed E-state index contributed by atoms with van der Waals surface area (Å²) in [5.41, 5.74) is -1.86. The van der Waals surface area contributed by atoms with E-state index in [1.807, 2.05) is 0 Å². The lowest BCUT2D eigenvalue weighted by Gasteiger charge is -2.21. The van der Waals surface area contributed by atoms with Gasteiger partial charge in [0.15, 0.2) is 9.84 Å². The molecule has 0 radical (unpaired) electrons. The predicted molar refractivity (Wildman–Crippen MR) is 68.4 cm³/mol. The van der Waals surface area contributed by atoms with E-state index in [1.54, 1.807) is 0 Å². The van der Waals surface area contributed by atoms with E-state index in [2.05, 4.69) is 4.74 Å². The van der Waals surface area contributed by atoms with E-state index in [0.29, 0.717) is 12.8 Å². The van der Waals surface area contributed by atoms with Gasteiger partial charge in [0.2, 0.25) is 0 Å². The number of ether oxygens (including phenoxy) is 1. The molecule has 0 aliphatic heterocycles. The number of aliphatic carboxylic acids is 1. The average molecular weight is 292 g/mol. The normalized spacial score (nSPS) is 17.8. The molecule has 1 aliphatic rings. The second kappa shape index (κ2) is 5.11. The van der Waals surface area contributed by atoms with Gasteiger partial charge in [-0.1, -0.05) is 0 Å². The number of carbonyl (C=O) groups excluding carboxylic acids is 1. The number of carbonyl (C=O) groups is 2. The van der Waals surface area contributed by atoms with Gasteiger partial charge in [0.05, 0.1) is 30.5 Å². The largest absolute Gasteiger partial charge is 0.481 e. The zero-order chi connectivity index (χ0) is 14.9. The summed E-state index contributed by atoms with van der Waals surface area (Å²) in [5, 5.41) is 8.96. The van der Waals surface area contributed by atoms with Gasteiger partial charge in [-0.05, 0) is 32.1 Å². The van der Waals surface area contributed by atoms with Gasteiger partial charge in [-0.2, -0.15) is 0 Å². The molecule has 0 bridgehead atoms. The Hall–Kier alpha value is -1.11. The van der Waals surface area contributed by atoms with Crippen LogP contribution in [0.5, 0.6) is 0 Å². The average Bonchev–Trinajstić information content (AvgIpc) is 2.94. The smallest absolute Gasteiger partial charge is 0.310 e. The summed E-state index contributed by atoms with van der Waals surface area (Å²) >= 11 is 0. The molecule has 6 nitrogen and oxygen atoms in total. The number of carboxylic acids is 1. The molecule has 19 heavy (non-hydrogen) atoms. The third-order valence-electron chi connectivity index (χ3n) is 3.39. The maximum atomic E-state index is 12.1. The number of hydrogen-bond donors (Lipinski definition) is 1. The Bertz CT molecular complexity index is 472. The molecule has 0 aromatic heterocycles. The zero-order valence-electron chi connectivity index (χ0n) is 11.4. The lowest BCUT2D eigenvalue weighted by atomic mass is 9.97. The van der Waals surface area contributed by atoms with E-state index < -0.39 is 38.4 Å². The Labute approximate surface area is 113 Å². The van der Waals surface area contributed by atoms with E-state index in [1.165, 1.54) is 21.0 Å². The molecule has 0 heterocycles. The Balaban J connectivity index is 2.71. The maximum absolute atomic E-state index is 12.1. The number of esters is 1. The zero-order valence-corrected chi connectivity index (χ0v) is 12.2. The van der Waals surface area contributed by atoms with Crippen LogP contribution in [0.1, 0.15) is 33.1 Å². The van der Waals surface area contributed by atoms with Gasteiger partial charge in [-0.3, -0.25) is 9.59 Å². The van der Waals surface area contributed by atoms with Crippen molar-refractivity contribution in [2.45, 2.75) is 33.1 Å². The fraction of sp³-hybridized carbons (Fsp3) is 0.833. The molecular weight excluding hydrogens is 272 g/mol. The van der Waals surface area contributed by atoms with Gasteiger partial charge in [0, 0.05) is 0 Å². The third kappa shape index (κ3) is 4.49. The van der Waals surface area contributed by atoms with E-state index in [-0.39, 0.29) is 12.2 Å². The summed E-state index contributed by atoms with van der Waals surface area (Å²) in [6.07, 6.45) is 1.40. The Morgan fingerprint density at radius 2 is 1.84 bits per heavy atom. The molecule has 1 rings (SSSR count). The van der Waals surface area contributed by atoms with E-state index >= 15 is 0 Å². The predicted octanol–water partition coefficient (Wildman–Crippen LogP) is 0.855. The van der Waals surface area contributed by atoms with Crippen LogP contribution in [0.3, 0.4) is 0 Å². The first-order valence-corrected chi connectivity index (χ1v) is 7.85. The minimum atomic E-state index is -3.52. The summed E-state index contributed by atoms with van der Waals surface area (Å²) in [6, 6.07) is 0. The summed E-state index contributed by atoms with van der Waals surface area (Å²) in [6.45, 7) is 2.76. The molecule has 0 saturated heterocycles. The maximum Gasteiger partial charge on any atom is 0.310 e. The van der Waals surface area contributed by atoms with Crippen LogP contribution in [0.15, 0.2) is 0 Å². The molecule has 110 valence electrons. The van der Waals surface area contributed by atoms with Crippen LogP contribution >= 0.6 is 0 Å². The minimum absolute atomic E-state index is 0.0796. The van der Waals surface area contributed by atoms with Crippen LogP contribution in [-0.4, -0.2) is 44.1 Å². The molecule has 0 unspecified atom stereocenters. The molecule has 1 aliphatic carbocycles. The van der Waals surface area contributed by atoms with Crippen LogP contribution in [0.2, 0.25) is 0 Å². The quantitative estimate of drug-likeness (QED) is 0.699. The third-order valence-corrected chi connectivity index (χ3v) is 5.60. The molecular formula is C12H20O6S. The first kappa shape index (κ1) is 15.9. The van der Waals surface area contributed by atoms with Crippen molar-refractivity contribution in [3.05, 3.63) is 0 Å². The molecule has 0 aromatic rings. The monoisotopic (exact) mass is 292 g/mol. The van der Waals surface area contributed by atoms with Crippen LogP contribution < -0.4 is 0 Å². The summed E-state index contributed by atoms with van der Waals surface area (Å²) in [4.78, 5) is 22.2. The van der Waals surface area contributed by atoms with Crippen LogP contribution in [0, 0.1) is 10.8 Å². The van der Waals surface area contributed by atoms with Crippen LogP contribution in [0.4, 0.5) is 0 Å². The fourth-order valence-corrected chi connectivity index (χ4v) is 4.71. The molecule has 0 spiro atoms. The molecule has 0 aromatic carbocycles. The molecule has 7 heteroatoms. The SMILES string of the molecule is COC(=O)CC1(CS(=O)(=O)CC(C)(C)C(=O)O)CC1. The number of sulfone groups is 1. The van der Waals surface area contributed by atoms with Crippen molar-refractivity contribution < 1.29 is 27.9 Å². The number of methoxy groups -OCH3 is 1. The van der Waals surface area contributed by atoms with Gasteiger partial charge in [-0.25, -0.2) is 8.42 Å². The minimum Gasteiger partial charge on any atom is -0.481 e. The topological polar surface area (TPSA) is 97.7 Å². The van der Waals surface area contributed by atoms with Crippen LogP contribution in [0.25, 0.3) is 0 Å². The van der Waals surface area contributed by atoms with Crippen LogP contribution in [-0.2, 0) is 24.2 Å². The highest BCUT2D eigenvalue weighted by atomic mass is 32.2. The van der Waals surface area contributed by atoms with Gasteiger partial charge in [-0.15, -0.1) is 0 Å². The van der Waals surface area contributed by atoms with Gasteiger partial charge >= 0.3 is 11.9 Å². The summed E-state index contributed by atoms with van der Waals surface area (Å²) < 4.78 is 28.7. The Morgan fingerprint density at radius 1 is 1.32 bits per heavy atom. The second-order valence-electron chi connectivity index (χ2n) is 5.97. The lowest BCUT2D eigenvalue weighted by Crippen LogP contribution is -2.35. The highest BCUT2D eigenvalue weighted by molar-refractivity contribution is 7.91. The lowest BCUT2D eigenvalue weighted by molar-refractivity contribution is -0.145. The first-order chi connectivity index (χ1) is 8.52. The first-order valence-electron chi connectivity index (χ1n) is 6.03. The molecule has 0 amide bonds. The van der Waals surface area contributed by atoms with Crippen molar-refractivity contribution in [3.63, 3.8) is 0 Å². The molecule has 1 saturated carbocycles. The van der Waals surface area contributed by atoms with E-state index in [9.17, 15) is 18.0 Å². The Morgan fingerprint density at radius 3 is 2.21 bits per heavy atom. The van der Waals surface area contributed by atoms with Crippen molar-refractivity contribution in [3.8, 4) is 0 Å². The van der Waals surface area contributed by atoms with Crippen molar-refractivity contribution in [1.82, 2.24) is 0 Å². The van der Waals surface area contributed by atoms with E-state index in [0.717, 1.165) is 0 Å². The second-order valence-corrected chi connectivity index (χ2v) is 8.04. The number of rotatable bonds is 7. The Kier molecular flexibility index (Phi) is 4.29. The van der Waals surface area contributed by atoms with Gasteiger partial charge in [0.25, 0.3) is 0 Å². The fourth-order valence-electron chi connectivity index (χ4n) is 2.06. The highest BCUT2D eigenvalue weighted by Gasteiger charge is 2.49. The summed E-state index contributed by atoms with van der Waals surface area (Å²) in [7, 11) is -2.26. The number of hydrogen-bond acceptors (Lipinski definition) is 5. The molecule has 1 N–H and O–H groups in total. The van der Waals surface area contributed by atoms with Crippen molar-refractivity contribution in [2.75, 3.05) is 18.6 Å². The molecule has 0 atom stereocenters. The standard InChI is InChI=1S/C12H20O6S/c1-11(2,10(14)15)7-19(16,17)8-12(4-5-12)6-9(13)18-3/h4-8H2,1-3H3,(H,14,15). The van der Waals surface area contributed by atoms with Gasteiger partial charge in [0.1, 0.15) is 0 Å². The summed E-state index contributed by atoms with van der Waals surface area (Å²) in [5.74, 6) is -2.14.